The molecule has 0 heterocycles. The summed E-state index contributed by atoms with van der Waals surface area (Å²) < 4.78 is 26.6. The van der Waals surface area contributed by atoms with Crippen molar-refractivity contribution in [3.63, 3.8) is 0 Å². The highest BCUT2D eigenvalue weighted by atomic mass is 35.5. The van der Waals surface area contributed by atoms with E-state index < -0.39 is 16.1 Å². The molecule has 43 heavy (non-hydrogen) atoms. The molecule has 4 rings (SSSR count). The third-order valence-electron chi connectivity index (χ3n) is 8.07. The third kappa shape index (κ3) is 9.57. The average molecular weight is 624 g/mol. The zero-order valence-corrected chi connectivity index (χ0v) is 26.6. The molecule has 7 nitrogen and oxygen atoms in total. The molecule has 230 valence electrons. The molecule has 1 aliphatic carbocycles. The highest BCUT2D eigenvalue weighted by Crippen LogP contribution is 2.24. The standard InChI is InChI=1S/C34H42ClN3O4S/c1-26-13-9-10-16-28(26)25-37(33(39)21-12-22-38(43(2,41)42)31-20-11-17-29(35)24-31)32(23-27-14-5-3-6-15-27)34(40)36-30-18-7-4-8-19-30/h3,5-6,9-11,13-17,20,24,30,32H,4,7-8,12,18-19,21-23,25H2,1-2H3,(H,36,40)/t32-/m0/s1. The Morgan fingerprint density at radius 1 is 0.953 bits per heavy atom. The molecule has 3 aromatic carbocycles. The molecule has 9 heteroatoms. The van der Waals surface area contributed by atoms with E-state index in [2.05, 4.69) is 5.32 Å². The van der Waals surface area contributed by atoms with Crippen LogP contribution in [0.3, 0.4) is 0 Å². The van der Waals surface area contributed by atoms with E-state index in [0.717, 1.165) is 48.6 Å². The lowest BCUT2D eigenvalue weighted by Crippen LogP contribution is -2.53. The first-order valence-electron chi connectivity index (χ1n) is 15.0. The van der Waals surface area contributed by atoms with Gasteiger partial charge in [0.2, 0.25) is 21.8 Å². The summed E-state index contributed by atoms with van der Waals surface area (Å²) in [5.74, 6) is -0.336. The Hall–Kier alpha value is -3.36. The molecule has 1 aliphatic rings. The number of amides is 2. The molecule has 1 saturated carbocycles. The predicted octanol–water partition coefficient (Wildman–Crippen LogP) is 6.28. The van der Waals surface area contributed by atoms with Gasteiger partial charge in [0.05, 0.1) is 11.9 Å². The fourth-order valence-corrected chi connectivity index (χ4v) is 6.85. The molecular weight excluding hydrogens is 582 g/mol. The lowest BCUT2D eigenvalue weighted by molar-refractivity contribution is -0.141. The van der Waals surface area contributed by atoms with E-state index in [1.54, 1.807) is 29.2 Å². The van der Waals surface area contributed by atoms with Crippen LogP contribution >= 0.6 is 11.6 Å². The molecule has 0 spiro atoms. The van der Waals surface area contributed by atoms with Gasteiger partial charge >= 0.3 is 0 Å². The molecule has 0 aliphatic heterocycles. The summed E-state index contributed by atoms with van der Waals surface area (Å²) in [6, 6.07) is 23.7. The van der Waals surface area contributed by atoms with Gasteiger partial charge in [-0.3, -0.25) is 13.9 Å². The van der Waals surface area contributed by atoms with E-state index in [1.165, 1.54) is 10.7 Å². The minimum Gasteiger partial charge on any atom is -0.352 e. The van der Waals surface area contributed by atoms with Gasteiger partial charge < -0.3 is 10.2 Å². The average Bonchev–Trinajstić information content (AvgIpc) is 2.98. The van der Waals surface area contributed by atoms with Crippen LogP contribution in [0.1, 0.15) is 61.6 Å². The molecule has 0 saturated heterocycles. The van der Waals surface area contributed by atoms with E-state index in [0.29, 0.717) is 17.1 Å². The zero-order valence-electron chi connectivity index (χ0n) is 25.0. The first kappa shape index (κ1) is 32.6. The summed E-state index contributed by atoms with van der Waals surface area (Å²) in [5, 5.41) is 3.69. The number of rotatable bonds is 13. The number of anilines is 1. The highest BCUT2D eigenvalue weighted by Gasteiger charge is 2.32. The summed E-state index contributed by atoms with van der Waals surface area (Å²) >= 11 is 6.14. The Morgan fingerprint density at radius 3 is 2.33 bits per heavy atom. The third-order valence-corrected chi connectivity index (χ3v) is 9.50. The molecule has 0 bridgehead atoms. The van der Waals surface area contributed by atoms with Gasteiger partial charge in [-0.1, -0.05) is 91.5 Å². The van der Waals surface area contributed by atoms with E-state index in [4.69, 9.17) is 11.6 Å². The molecule has 0 unspecified atom stereocenters. The maximum absolute atomic E-state index is 14.1. The molecule has 1 fully saturated rings. The van der Waals surface area contributed by atoms with Crippen molar-refractivity contribution in [2.45, 2.75) is 76.9 Å². The van der Waals surface area contributed by atoms with E-state index in [-0.39, 0.29) is 43.8 Å². The van der Waals surface area contributed by atoms with Crippen molar-refractivity contribution in [3.05, 3.63) is 101 Å². The van der Waals surface area contributed by atoms with Crippen LogP contribution < -0.4 is 9.62 Å². The van der Waals surface area contributed by atoms with E-state index >= 15 is 0 Å². The van der Waals surface area contributed by atoms with Crippen molar-refractivity contribution in [2.24, 2.45) is 0 Å². The summed E-state index contributed by atoms with van der Waals surface area (Å²) in [4.78, 5) is 29.7. The van der Waals surface area contributed by atoms with Gasteiger partial charge in [0, 0.05) is 37.0 Å². The van der Waals surface area contributed by atoms with E-state index in [1.807, 2.05) is 61.5 Å². The maximum atomic E-state index is 14.1. The second-order valence-corrected chi connectivity index (χ2v) is 13.8. The molecular formula is C34H42ClN3O4S. The molecule has 0 radical (unpaired) electrons. The minimum absolute atomic E-state index is 0.0838. The minimum atomic E-state index is -3.61. The predicted molar refractivity (Wildman–Crippen MR) is 174 cm³/mol. The van der Waals surface area contributed by atoms with Crippen LogP contribution in [0.15, 0.2) is 78.9 Å². The van der Waals surface area contributed by atoms with Gasteiger partial charge in [-0.2, -0.15) is 0 Å². The van der Waals surface area contributed by atoms with Crippen LogP contribution in [0, 0.1) is 6.92 Å². The Morgan fingerprint density at radius 2 is 1.65 bits per heavy atom. The Kier molecular flexibility index (Phi) is 11.7. The van der Waals surface area contributed by atoms with Crippen molar-refractivity contribution < 1.29 is 18.0 Å². The number of halogens is 1. The number of nitrogens with zero attached hydrogens (tertiary/aromatic N) is 2. The van der Waals surface area contributed by atoms with Crippen molar-refractivity contribution in [3.8, 4) is 0 Å². The van der Waals surface area contributed by atoms with Gasteiger partial charge in [0.15, 0.2) is 0 Å². The lowest BCUT2D eigenvalue weighted by atomic mass is 9.94. The van der Waals surface area contributed by atoms with Crippen LogP contribution in [-0.2, 0) is 32.6 Å². The van der Waals surface area contributed by atoms with Crippen molar-refractivity contribution >= 4 is 39.1 Å². The van der Waals surface area contributed by atoms with Crippen LogP contribution in [0.4, 0.5) is 5.69 Å². The summed E-state index contributed by atoms with van der Waals surface area (Å²) in [6.45, 7) is 2.40. The van der Waals surface area contributed by atoms with Gasteiger partial charge in [-0.25, -0.2) is 8.42 Å². The number of sulfonamides is 1. The Labute approximate surface area is 261 Å². The van der Waals surface area contributed by atoms with Gasteiger partial charge in [0.1, 0.15) is 6.04 Å². The maximum Gasteiger partial charge on any atom is 0.243 e. The van der Waals surface area contributed by atoms with Crippen LogP contribution in [0.2, 0.25) is 5.02 Å². The summed E-state index contributed by atoms with van der Waals surface area (Å²) in [6.07, 6.45) is 7.14. The SMILES string of the molecule is Cc1ccccc1CN(C(=O)CCCN(c1cccc(Cl)c1)S(C)(=O)=O)[C@@H](Cc1ccccc1)C(=O)NC1CCCCC1. The summed E-state index contributed by atoms with van der Waals surface area (Å²) in [7, 11) is -3.61. The lowest BCUT2D eigenvalue weighted by Gasteiger charge is -2.34. The first-order chi connectivity index (χ1) is 20.6. The Bertz CT molecular complexity index is 1480. The van der Waals surface area contributed by atoms with Crippen LogP contribution in [0.25, 0.3) is 0 Å². The van der Waals surface area contributed by atoms with Gasteiger partial charge in [-0.05, 0) is 61.1 Å². The topological polar surface area (TPSA) is 86.8 Å². The Balaban J connectivity index is 1.60. The number of aryl methyl sites for hydroxylation is 1. The van der Waals surface area contributed by atoms with E-state index in [9.17, 15) is 18.0 Å². The van der Waals surface area contributed by atoms with Crippen molar-refractivity contribution in [1.82, 2.24) is 10.2 Å². The number of nitrogens with one attached hydrogen (secondary N) is 1. The second-order valence-electron chi connectivity index (χ2n) is 11.4. The molecule has 2 amide bonds. The normalized spacial score (nSPS) is 14.6. The quantitative estimate of drug-likeness (QED) is 0.243. The first-order valence-corrected chi connectivity index (χ1v) is 17.3. The number of benzene rings is 3. The number of hydrogen-bond donors (Lipinski definition) is 1. The fraction of sp³-hybridized carbons (Fsp3) is 0.412. The molecule has 1 N–H and O–H groups in total. The van der Waals surface area contributed by atoms with Gasteiger partial charge in [0.25, 0.3) is 0 Å². The molecule has 1 atom stereocenters. The number of carbonyl (C=O) groups is 2. The van der Waals surface area contributed by atoms with Gasteiger partial charge in [-0.15, -0.1) is 0 Å². The zero-order chi connectivity index (χ0) is 30.8. The van der Waals surface area contributed by atoms with Crippen LogP contribution in [0.5, 0.6) is 0 Å². The fourth-order valence-electron chi connectivity index (χ4n) is 5.70. The van der Waals surface area contributed by atoms with Crippen molar-refractivity contribution in [1.29, 1.82) is 0 Å². The molecule has 3 aromatic rings. The summed E-state index contributed by atoms with van der Waals surface area (Å²) in [5.41, 5.74) is 3.43. The largest absolute Gasteiger partial charge is 0.352 e. The highest BCUT2D eigenvalue weighted by molar-refractivity contribution is 7.92. The smallest absolute Gasteiger partial charge is 0.243 e. The monoisotopic (exact) mass is 623 g/mol. The van der Waals surface area contributed by atoms with Crippen LogP contribution in [-0.4, -0.2) is 50.0 Å². The van der Waals surface area contributed by atoms with Crippen molar-refractivity contribution in [2.75, 3.05) is 17.1 Å². The number of hydrogen-bond acceptors (Lipinski definition) is 4. The second kappa shape index (κ2) is 15.4. The number of carbonyl (C=O) groups excluding carboxylic acids is 2. The molecule has 0 aromatic heterocycles.